The Hall–Kier alpha value is -2.63. The van der Waals surface area contributed by atoms with Gasteiger partial charge in [-0.3, -0.25) is 9.59 Å². The van der Waals surface area contributed by atoms with Crippen molar-refractivity contribution in [3.05, 3.63) is 48.3 Å². The van der Waals surface area contributed by atoms with E-state index < -0.39 is 17.8 Å². The molecule has 6 nitrogen and oxygen atoms in total. The van der Waals surface area contributed by atoms with Gasteiger partial charge in [-0.05, 0) is 19.1 Å². The Morgan fingerprint density at radius 2 is 2.05 bits per heavy atom. The summed E-state index contributed by atoms with van der Waals surface area (Å²) in [6.45, 7) is 1.61. The Kier molecular flexibility index (Phi) is 4.14. The zero-order chi connectivity index (χ0) is 14.5. The maximum absolute atomic E-state index is 11.5. The van der Waals surface area contributed by atoms with Gasteiger partial charge in [0.15, 0.2) is 0 Å². The largest absolute Gasteiger partial charge is 0.481 e. The van der Waals surface area contributed by atoms with Crippen molar-refractivity contribution >= 4 is 11.9 Å². The molecule has 0 spiro atoms. The van der Waals surface area contributed by atoms with Crippen molar-refractivity contribution in [3.8, 4) is 5.69 Å². The molecule has 1 amide bonds. The van der Waals surface area contributed by atoms with E-state index >= 15 is 0 Å². The van der Waals surface area contributed by atoms with Gasteiger partial charge >= 0.3 is 5.97 Å². The topological polar surface area (TPSA) is 84.2 Å². The van der Waals surface area contributed by atoms with Crippen LogP contribution in [0.4, 0.5) is 0 Å². The number of hydrogen-bond acceptors (Lipinski definition) is 3. The summed E-state index contributed by atoms with van der Waals surface area (Å²) < 4.78 is 1.70. The fraction of sp³-hybridized carbons (Fsp3) is 0.214. The molecule has 0 radical (unpaired) electrons. The lowest BCUT2D eigenvalue weighted by Crippen LogP contribution is -2.32. The second-order valence-corrected chi connectivity index (χ2v) is 4.41. The number of aliphatic carboxylic acids is 1. The zero-order valence-electron chi connectivity index (χ0n) is 11.0. The van der Waals surface area contributed by atoms with Crippen LogP contribution in [0.3, 0.4) is 0 Å². The van der Waals surface area contributed by atoms with Gasteiger partial charge < -0.3 is 10.4 Å². The van der Waals surface area contributed by atoms with Crippen molar-refractivity contribution in [2.24, 2.45) is 5.92 Å². The van der Waals surface area contributed by atoms with E-state index in [0.717, 1.165) is 11.3 Å². The van der Waals surface area contributed by atoms with E-state index in [1.54, 1.807) is 17.1 Å². The fourth-order valence-electron chi connectivity index (χ4n) is 1.63. The van der Waals surface area contributed by atoms with Gasteiger partial charge in [0, 0.05) is 18.3 Å². The minimum atomic E-state index is -1.14. The van der Waals surface area contributed by atoms with Crippen LogP contribution in [-0.4, -0.2) is 26.8 Å². The number of carbonyl (C=O) groups is 2. The number of carboxylic acid groups (broad SMARTS) is 1. The van der Waals surface area contributed by atoms with Crippen molar-refractivity contribution in [2.45, 2.75) is 13.5 Å². The normalized spacial score (nSPS) is 11.8. The quantitative estimate of drug-likeness (QED) is 0.802. The molecule has 1 heterocycles. The van der Waals surface area contributed by atoms with Crippen LogP contribution in [0.15, 0.2) is 42.7 Å². The van der Waals surface area contributed by atoms with E-state index in [9.17, 15) is 9.59 Å². The molecule has 2 rings (SSSR count). The summed E-state index contributed by atoms with van der Waals surface area (Å²) >= 11 is 0. The molecular weight excluding hydrogens is 258 g/mol. The summed E-state index contributed by atoms with van der Waals surface area (Å²) in [6, 6.07) is 9.57. The SMILES string of the molecule is CC(C(=O)O)C(=O)NCc1cnn(-c2ccccc2)c1. The summed E-state index contributed by atoms with van der Waals surface area (Å²) in [5.41, 5.74) is 1.73. The van der Waals surface area contributed by atoms with Gasteiger partial charge in [0.25, 0.3) is 0 Å². The smallest absolute Gasteiger partial charge is 0.315 e. The maximum atomic E-state index is 11.5. The standard InChI is InChI=1S/C14H15N3O3/c1-10(14(19)20)13(18)15-7-11-8-16-17(9-11)12-5-3-2-4-6-12/h2-6,8-10H,7H2,1H3,(H,15,18)(H,19,20). The molecule has 20 heavy (non-hydrogen) atoms. The van der Waals surface area contributed by atoms with Crippen LogP contribution >= 0.6 is 0 Å². The molecule has 0 saturated heterocycles. The van der Waals surface area contributed by atoms with E-state index in [0.29, 0.717) is 0 Å². The van der Waals surface area contributed by atoms with Gasteiger partial charge in [-0.25, -0.2) is 4.68 Å². The number of carbonyl (C=O) groups excluding carboxylic acids is 1. The molecule has 6 heteroatoms. The number of amides is 1. The number of carboxylic acids is 1. The number of hydrogen-bond donors (Lipinski definition) is 2. The average molecular weight is 273 g/mol. The van der Waals surface area contributed by atoms with Crippen LogP contribution in [0.5, 0.6) is 0 Å². The molecule has 1 aromatic heterocycles. The van der Waals surface area contributed by atoms with Gasteiger partial charge in [0.2, 0.25) is 5.91 Å². The Labute approximate surface area is 116 Å². The lowest BCUT2D eigenvalue weighted by molar-refractivity contribution is -0.146. The third-order valence-corrected chi connectivity index (χ3v) is 2.89. The van der Waals surface area contributed by atoms with Crippen LogP contribution in [0, 0.1) is 5.92 Å². The second-order valence-electron chi connectivity index (χ2n) is 4.41. The number of rotatable bonds is 5. The van der Waals surface area contributed by atoms with Gasteiger partial charge in [0.1, 0.15) is 5.92 Å². The van der Waals surface area contributed by atoms with Crippen LogP contribution in [0.2, 0.25) is 0 Å². The highest BCUT2D eigenvalue weighted by Gasteiger charge is 2.19. The van der Waals surface area contributed by atoms with Crippen LogP contribution in [-0.2, 0) is 16.1 Å². The number of nitrogens with zero attached hydrogens (tertiary/aromatic N) is 2. The van der Waals surface area contributed by atoms with Gasteiger partial charge in [-0.2, -0.15) is 5.10 Å². The zero-order valence-corrected chi connectivity index (χ0v) is 11.0. The molecule has 2 aromatic rings. The number of nitrogens with one attached hydrogen (secondary N) is 1. The summed E-state index contributed by atoms with van der Waals surface area (Å²) in [6.07, 6.45) is 3.43. The fourth-order valence-corrected chi connectivity index (χ4v) is 1.63. The molecule has 0 aliphatic carbocycles. The van der Waals surface area contributed by atoms with Crippen molar-refractivity contribution in [2.75, 3.05) is 0 Å². The molecule has 0 aliphatic heterocycles. The van der Waals surface area contributed by atoms with Crippen LogP contribution in [0.1, 0.15) is 12.5 Å². The van der Waals surface area contributed by atoms with E-state index in [1.807, 2.05) is 30.3 Å². The first kappa shape index (κ1) is 13.8. The first-order valence-corrected chi connectivity index (χ1v) is 6.17. The number of benzene rings is 1. The van der Waals surface area contributed by atoms with E-state index in [-0.39, 0.29) is 6.54 Å². The highest BCUT2D eigenvalue weighted by Crippen LogP contribution is 2.07. The first-order chi connectivity index (χ1) is 9.58. The van der Waals surface area contributed by atoms with Gasteiger partial charge in [-0.15, -0.1) is 0 Å². The molecule has 0 aliphatic rings. The highest BCUT2D eigenvalue weighted by atomic mass is 16.4. The molecule has 0 bridgehead atoms. The molecule has 0 fully saturated rings. The Morgan fingerprint density at radius 3 is 2.70 bits per heavy atom. The lowest BCUT2D eigenvalue weighted by atomic mass is 10.1. The predicted octanol–water partition coefficient (Wildman–Crippen LogP) is 1.21. The lowest BCUT2D eigenvalue weighted by Gasteiger charge is -2.06. The van der Waals surface area contributed by atoms with Crippen LogP contribution < -0.4 is 5.32 Å². The molecule has 1 aromatic carbocycles. The van der Waals surface area contributed by atoms with Crippen molar-refractivity contribution in [1.82, 2.24) is 15.1 Å². The number of para-hydroxylation sites is 1. The Bertz CT molecular complexity index is 607. The molecule has 104 valence electrons. The summed E-state index contributed by atoms with van der Waals surface area (Å²) in [4.78, 5) is 22.2. The summed E-state index contributed by atoms with van der Waals surface area (Å²) in [5.74, 6) is -2.70. The molecule has 0 saturated carbocycles. The van der Waals surface area contributed by atoms with Crippen molar-refractivity contribution in [3.63, 3.8) is 0 Å². The molecular formula is C14H15N3O3. The number of aromatic nitrogens is 2. The Balaban J connectivity index is 1.97. The average Bonchev–Trinajstić information content (AvgIpc) is 2.93. The Morgan fingerprint density at radius 1 is 1.35 bits per heavy atom. The maximum Gasteiger partial charge on any atom is 0.315 e. The van der Waals surface area contributed by atoms with Gasteiger partial charge in [0.05, 0.1) is 11.9 Å². The summed E-state index contributed by atoms with van der Waals surface area (Å²) in [7, 11) is 0. The minimum absolute atomic E-state index is 0.253. The van der Waals surface area contributed by atoms with E-state index in [2.05, 4.69) is 10.4 Å². The molecule has 2 N–H and O–H groups in total. The predicted molar refractivity (Wildman–Crippen MR) is 72.2 cm³/mol. The monoisotopic (exact) mass is 273 g/mol. The third kappa shape index (κ3) is 3.23. The van der Waals surface area contributed by atoms with E-state index in [4.69, 9.17) is 5.11 Å². The van der Waals surface area contributed by atoms with Crippen molar-refractivity contribution in [1.29, 1.82) is 0 Å². The molecule has 1 atom stereocenters. The van der Waals surface area contributed by atoms with Gasteiger partial charge in [-0.1, -0.05) is 18.2 Å². The summed E-state index contributed by atoms with van der Waals surface area (Å²) in [5, 5.41) is 15.5. The molecule has 1 unspecified atom stereocenters. The van der Waals surface area contributed by atoms with Crippen LogP contribution in [0.25, 0.3) is 5.69 Å². The van der Waals surface area contributed by atoms with E-state index in [1.165, 1.54) is 6.92 Å². The minimum Gasteiger partial charge on any atom is -0.481 e. The third-order valence-electron chi connectivity index (χ3n) is 2.89. The van der Waals surface area contributed by atoms with Crippen molar-refractivity contribution < 1.29 is 14.7 Å². The highest BCUT2D eigenvalue weighted by molar-refractivity contribution is 5.96. The first-order valence-electron chi connectivity index (χ1n) is 6.17. The second kappa shape index (κ2) is 6.01.